The van der Waals surface area contributed by atoms with Gasteiger partial charge in [0.1, 0.15) is 0 Å². The molecule has 5 aromatic carbocycles. The summed E-state index contributed by atoms with van der Waals surface area (Å²) in [6, 6.07) is 42.7. The average molecular weight is 371 g/mol. The Kier molecular flexibility index (Phi) is 4.56. The number of hydrogen-bond acceptors (Lipinski definition) is 1. The molecule has 0 atom stereocenters. The van der Waals surface area contributed by atoms with Crippen molar-refractivity contribution >= 4 is 22.1 Å². The molecule has 5 rings (SSSR count). The van der Waals surface area contributed by atoms with E-state index in [4.69, 9.17) is 0 Å². The SMILES string of the molecule is c1ccc(Nc2ccc(-c3c(-c4ccccc4)ccc4ccccc34)cc2)cc1. The van der Waals surface area contributed by atoms with Gasteiger partial charge in [-0.3, -0.25) is 0 Å². The molecule has 1 N–H and O–H groups in total. The molecule has 0 aliphatic rings. The van der Waals surface area contributed by atoms with E-state index in [-0.39, 0.29) is 0 Å². The van der Waals surface area contributed by atoms with E-state index in [0.29, 0.717) is 0 Å². The molecule has 0 spiro atoms. The maximum atomic E-state index is 3.47. The first-order valence-corrected chi connectivity index (χ1v) is 9.88. The fraction of sp³-hybridized carbons (Fsp3) is 0. The van der Waals surface area contributed by atoms with Crippen LogP contribution in [0.1, 0.15) is 0 Å². The Labute approximate surface area is 171 Å². The monoisotopic (exact) mass is 371 g/mol. The second kappa shape index (κ2) is 7.65. The number of fused-ring (bicyclic) bond motifs is 1. The zero-order valence-electron chi connectivity index (χ0n) is 16.0. The first kappa shape index (κ1) is 17.3. The van der Waals surface area contributed by atoms with Crippen molar-refractivity contribution in [2.45, 2.75) is 0 Å². The molecule has 1 heteroatoms. The molecule has 5 aromatic rings. The molecule has 0 radical (unpaired) electrons. The highest BCUT2D eigenvalue weighted by atomic mass is 14.9. The molecule has 0 amide bonds. The molecule has 0 saturated heterocycles. The van der Waals surface area contributed by atoms with Crippen LogP contribution in [0.4, 0.5) is 11.4 Å². The lowest BCUT2D eigenvalue weighted by molar-refractivity contribution is 1.54. The van der Waals surface area contributed by atoms with Crippen LogP contribution in [0.15, 0.2) is 121 Å². The highest BCUT2D eigenvalue weighted by Crippen LogP contribution is 2.38. The highest BCUT2D eigenvalue weighted by Gasteiger charge is 2.11. The maximum Gasteiger partial charge on any atom is 0.0384 e. The van der Waals surface area contributed by atoms with E-state index in [9.17, 15) is 0 Å². The molecular weight excluding hydrogens is 350 g/mol. The van der Waals surface area contributed by atoms with Gasteiger partial charge in [0, 0.05) is 11.4 Å². The van der Waals surface area contributed by atoms with Gasteiger partial charge in [-0.2, -0.15) is 0 Å². The molecule has 0 aliphatic heterocycles. The minimum atomic E-state index is 1.08. The second-order valence-corrected chi connectivity index (χ2v) is 7.14. The Morgan fingerprint density at radius 3 is 1.79 bits per heavy atom. The van der Waals surface area contributed by atoms with Gasteiger partial charge in [-0.1, -0.05) is 97.1 Å². The number of anilines is 2. The van der Waals surface area contributed by atoms with Gasteiger partial charge in [0.05, 0.1) is 0 Å². The van der Waals surface area contributed by atoms with E-state index in [1.165, 1.54) is 33.0 Å². The maximum absolute atomic E-state index is 3.47. The van der Waals surface area contributed by atoms with Crippen molar-refractivity contribution in [1.82, 2.24) is 0 Å². The quantitative estimate of drug-likeness (QED) is 0.338. The number of nitrogens with one attached hydrogen (secondary N) is 1. The fourth-order valence-corrected chi connectivity index (χ4v) is 3.85. The van der Waals surface area contributed by atoms with Crippen molar-refractivity contribution < 1.29 is 0 Å². The second-order valence-electron chi connectivity index (χ2n) is 7.14. The Morgan fingerprint density at radius 2 is 1.03 bits per heavy atom. The molecule has 0 saturated carbocycles. The van der Waals surface area contributed by atoms with E-state index in [2.05, 4.69) is 108 Å². The molecule has 0 aromatic heterocycles. The van der Waals surface area contributed by atoms with Crippen LogP contribution in [-0.2, 0) is 0 Å². The van der Waals surface area contributed by atoms with Crippen LogP contribution in [-0.4, -0.2) is 0 Å². The third-order valence-corrected chi connectivity index (χ3v) is 5.25. The van der Waals surface area contributed by atoms with Crippen LogP contribution in [0.3, 0.4) is 0 Å². The number of hydrogen-bond donors (Lipinski definition) is 1. The first-order chi connectivity index (χ1) is 14.4. The van der Waals surface area contributed by atoms with Gasteiger partial charge in [0.15, 0.2) is 0 Å². The number of rotatable bonds is 4. The standard InChI is InChI=1S/C28H21N/c1-3-9-21(10-4-1)27-20-17-22-11-7-8-14-26(22)28(27)23-15-18-25(19-16-23)29-24-12-5-2-6-13-24/h1-20,29H. The van der Waals surface area contributed by atoms with Gasteiger partial charge in [-0.05, 0) is 57.3 Å². The van der Waals surface area contributed by atoms with Gasteiger partial charge in [0.2, 0.25) is 0 Å². The van der Waals surface area contributed by atoms with E-state index in [0.717, 1.165) is 11.4 Å². The van der Waals surface area contributed by atoms with Crippen LogP contribution in [0, 0.1) is 0 Å². The third-order valence-electron chi connectivity index (χ3n) is 5.25. The summed E-state index contributed by atoms with van der Waals surface area (Å²) < 4.78 is 0. The zero-order chi connectivity index (χ0) is 19.5. The largest absolute Gasteiger partial charge is 0.356 e. The smallest absolute Gasteiger partial charge is 0.0384 e. The van der Waals surface area contributed by atoms with Gasteiger partial charge in [-0.15, -0.1) is 0 Å². The predicted molar refractivity (Wildman–Crippen MR) is 125 cm³/mol. The fourth-order valence-electron chi connectivity index (χ4n) is 3.85. The van der Waals surface area contributed by atoms with Crippen molar-refractivity contribution in [3.8, 4) is 22.3 Å². The minimum absolute atomic E-state index is 1.08. The Morgan fingerprint density at radius 1 is 0.414 bits per heavy atom. The summed E-state index contributed by atoms with van der Waals surface area (Å²) in [5.74, 6) is 0. The van der Waals surface area contributed by atoms with Gasteiger partial charge in [-0.25, -0.2) is 0 Å². The summed E-state index contributed by atoms with van der Waals surface area (Å²) in [5.41, 5.74) is 7.17. The minimum Gasteiger partial charge on any atom is -0.356 e. The molecule has 0 heterocycles. The normalized spacial score (nSPS) is 10.8. The van der Waals surface area contributed by atoms with Crippen LogP contribution < -0.4 is 5.32 Å². The first-order valence-electron chi connectivity index (χ1n) is 9.88. The highest BCUT2D eigenvalue weighted by molar-refractivity contribution is 6.04. The number of benzene rings is 5. The van der Waals surface area contributed by atoms with Gasteiger partial charge < -0.3 is 5.32 Å². The molecule has 0 fully saturated rings. The van der Waals surface area contributed by atoms with E-state index in [1.807, 2.05) is 18.2 Å². The molecule has 0 bridgehead atoms. The van der Waals surface area contributed by atoms with Crippen molar-refractivity contribution in [2.75, 3.05) is 5.32 Å². The lowest BCUT2D eigenvalue weighted by Gasteiger charge is -2.15. The summed E-state index contributed by atoms with van der Waals surface area (Å²) in [5, 5.41) is 6.00. The van der Waals surface area contributed by atoms with Crippen LogP contribution in [0.2, 0.25) is 0 Å². The molecule has 138 valence electrons. The van der Waals surface area contributed by atoms with Crippen LogP contribution in [0.5, 0.6) is 0 Å². The van der Waals surface area contributed by atoms with E-state index < -0.39 is 0 Å². The zero-order valence-corrected chi connectivity index (χ0v) is 16.0. The Hall–Kier alpha value is -3.84. The van der Waals surface area contributed by atoms with E-state index >= 15 is 0 Å². The molecular formula is C28H21N. The third kappa shape index (κ3) is 3.51. The van der Waals surface area contributed by atoms with Crippen LogP contribution >= 0.6 is 0 Å². The Balaban J connectivity index is 1.62. The predicted octanol–water partition coefficient (Wildman–Crippen LogP) is 7.92. The van der Waals surface area contributed by atoms with Gasteiger partial charge in [0.25, 0.3) is 0 Å². The molecule has 0 unspecified atom stereocenters. The lowest BCUT2D eigenvalue weighted by atomic mass is 9.90. The van der Waals surface area contributed by atoms with E-state index in [1.54, 1.807) is 0 Å². The summed E-state index contributed by atoms with van der Waals surface area (Å²) in [7, 11) is 0. The number of para-hydroxylation sites is 1. The topological polar surface area (TPSA) is 12.0 Å². The summed E-state index contributed by atoms with van der Waals surface area (Å²) in [6.45, 7) is 0. The summed E-state index contributed by atoms with van der Waals surface area (Å²) >= 11 is 0. The van der Waals surface area contributed by atoms with Crippen molar-refractivity contribution in [3.05, 3.63) is 121 Å². The lowest BCUT2D eigenvalue weighted by Crippen LogP contribution is -1.91. The van der Waals surface area contributed by atoms with Crippen molar-refractivity contribution in [2.24, 2.45) is 0 Å². The summed E-state index contributed by atoms with van der Waals surface area (Å²) in [6.07, 6.45) is 0. The van der Waals surface area contributed by atoms with Crippen molar-refractivity contribution in [1.29, 1.82) is 0 Å². The molecule has 29 heavy (non-hydrogen) atoms. The van der Waals surface area contributed by atoms with Crippen LogP contribution in [0.25, 0.3) is 33.0 Å². The van der Waals surface area contributed by atoms with Crippen molar-refractivity contribution in [3.63, 3.8) is 0 Å². The summed E-state index contributed by atoms with van der Waals surface area (Å²) in [4.78, 5) is 0. The average Bonchev–Trinajstić information content (AvgIpc) is 2.80. The van der Waals surface area contributed by atoms with Gasteiger partial charge >= 0.3 is 0 Å². The molecule has 0 aliphatic carbocycles. The Bertz CT molecular complexity index is 1240. The molecule has 1 nitrogen and oxygen atoms in total.